The zero-order chi connectivity index (χ0) is 17.5. The van der Waals surface area contributed by atoms with Crippen molar-refractivity contribution in [2.45, 2.75) is 85.2 Å². The van der Waals surface area contributed by atoms with E-state index in [0.717, 1.165) is 19.6 Å². The molecule has 0 heterocycles. The molecule has 0 amide bonds. The fourth-order valence-corrected chi connectivity index (χ4v) is 1.94. The monoisotopic (exact) mass is 373 g/mol. The molecule has 2 unspecified atom stereocenters. The van der Waals surface area contributed by atoms with Crippen LogP contribution in [-0.2, 0) is 21.5 Å². The molecular formula is C17H38CoN4O-4. The van der Waals surface area contributed by atoms with Crippen LogP contribution in [0, 0.1) is 0 Å². The van der Waals surface area contributed by atoms with E-state index in [0.29, 0.717) is 24.2 Å². The Labute approximate surface area is 155 Å². The van der Waals surface area contributed by atoms with Crippen LogP contribution in [0.15, 0.2) is 0 Å². The molecule has 0 saturated carbocycles. The summed E-state index contributed by atoms with van der Waals surface area (Å²) in [4.78, 5) is 0. The fourth-order valence-electron chi connectivity index (χ4n) is 1.94. The van der Waals surface area contributed by atoms with Gasteiger partial charge < -0.3 is 26.0 Å². The zero-order valence-electron chi connectivity index (χ0n) is 16.5. The Morgan fingerprint density at radius 2 is 1.30 bits per heavy atom. The topological polar surface area (TPSA) is 65.6 Å². The molecule has 6 heteroatoms. The van der Waals surface area contributed by atoms with E-state index in [-0.39, 0.29) is 22.9 Å². The van der Waals surface area contributed by atoms with Gasteiger partial charge in [0.2, 0.25) is 0 Å². The van der Waals surface area contributed by atoms with Crippen LogP contribution in [0.5, 0.6) is 0 Å². The number of rotatable bonds is 11. The maximum absolute atomic E-state index is 4.91. The predicted molar refractivity (Wildman–Crippen MR) is 99.4 cm³/mol. The largest absolute Gasteiger partial charge is 0.676 e. The van der Waals surface area contributed by atoms with Gasteiger partial charge in [0.05, 0.1) is 0 Å². The molecule has 0 aromatic heterocycles. The van der Waals surface area contributed by atoms with Crippen LogP contribution in [0.4, 0.5) is 0 Å². The van der Waals surface area contributed by atoms with Crippen LogP contribution in [-0.4, -0.2) is 57.6 Å². The van der Waals surface area contributed by atoms with Gasteiger partial charge in [-0.05, 0) is 0 Å². The van der Waals surface area contributed by atoms with E-state index < -0.39 is 0 Å². The van der Waals surface area contributed by atoms with Gasteiger partial charge in [-0.1, -0.05) is 48.0 Å². The molecular weight excluding hydrogens is 335 g/mol. The van der Waals surface area contributed by atoms with Crippen molar-refractivity contribution in [3.63, 3.8) is 0 Å². The molecule has 0 aromatic rings. The minimum atomic E-state index is 0. The Balaban J connectivity index is -0.000000338. The smallest absolute Gasteiger partial charge is 0.0354 e. The molecule has 1 radical (unpaired) electrons. The molecule has 0 aromatic carbocycles. The Bertz CT molecular complexity index is 221. The van der Waals surface area contributed by atoms with Gasteiger partial charge in [-0.15, -0.1) is 37.6 Å². The van der Waals surface area contributed by atoms with Crippen LogP contribution < -0.4 is 0 Å². The molecule has 0 aliphatic heterocycles. The van der Waals surface area contributed by atoms with Gasteiger partial charge in [-0.25, -0.2) is 6.17 Å². The first kappa shape index (κ1) is 28.1. The second-order valence-electron chi connectivity index (χ2n) is 6.21. The van der Waals surface area contributed by atoms with E-state index in [1.807, 2.05) is 14.0 Å². The Morgan fingerprint density at radius 3 is 1.65 bits per heavy atom. The van der Waals surface area contributed by atoms with E-state index in [9.17, 15) is 0 Å². The summed E-state index contributed by atoms with van der Waals surface area (Å²) >= 11 is 0. The molecule has 0 saturated heterocycles. The van der Waals surface area contributed by atoms with Crippen molar-refractivity contribution < 1.29 is 21.5 Å². The summed E-state index contributed by atoms with van der Waals surface area (Å²) in [6.07, 6.45) is 1.21. The molecule has 0 N–H and O–H groups in total. The van der Waals surface area contributed by atoms with E-state index in [2.05, 4.69) is 62.8 Å². The fraction of sp³-hybridized carbons (Fsp3) is 1.00. The van der Waals surface area contributed by atoms with Crippen LogP contribution in [0.1, 0.15) is 54.9 Å². The molecule has 0 rings (SSSR count). The average Bonchev–Trinajstić information content (AvgIpc) is 2.37. The zero-order valence-corrected chi connectivity index (χ0v) is 17.6. The van der Waals surface area contributed by atoms with Crippen molar-refractivity contribution in [2.24, 2.45) is 0 Å². The Morgan fingerprint density at radius 1 is 0.826 bits per heavy atom. The van der Waals surface area contributed by atoms with E-state index >= 15 is 0 Å². The SMILES string of the molecule is CC(C)[N-]C(C)[N-]C(C)C.C[N-]C(C)CC(C)[N-]CCOC.[Co]. The summed E-state index contributed by atoms with van der Waals surface area (Å²) in [5.74, 6) is 0. The number of ether oxygens (including phenoxy) is 1. The third-order valence-corrected chi connectivity index (χ3v) is 2.89. The van der Waals surface area contributed by atoms with Gasteiger partial charge >= 0.3 is 0 Å². The minimum absolute atomic E-state index is 0. The molecule has 0 aliphatic rings. The van der Waals surface area contributed by atoms with Crippen molar-refractivity contribution in [2.75, 3.05) is 27.3 Å². The number of methoxy groups -OCH3 is 1. The third kappa shape index (κ3) is 24.7. The van der Waals surface area contributed by atoms with Gasteiger partial charge in [0.25, 0.3) is 0 Å². The first-order chi connectivity index (χ1) is 10.2. The van der Waals surface area contributed by atoms with Crippen molar-refractivity contribution >= 4 is 0 Å². The van der Waals surface area contributed by atoms with E-state index in [1.54, 1.807) is 7.11 Å². The van der Waals surface area contributed by atoms with Crippen LogP contribution in [0.3, 0.4) is 0 Å². The first-order valence-corrected chi connectivity index (χ1v) is 8.37. The summed E-state index contributed by atoms with van der Waals surface area (Å²) in [5.41, 5.74) is 0. The maximum Gasteiger partial charge on any atom is 0.0354 e. The van der Waals surface area contributed by atoms with Crippen molar-refractivity contribution in [1.82, 2.24) is 0 Å². The number of hydrogen-bond acceptors (Lipinski definition) is 1. The molecule has 0 spiro atoms. The second kappa shape index (κ2) is 18.6. The van der Waals surface area contributed by atoms with Gasteiger partial charge in [0.1, 0.15) is 0 Å². The molecule has 0 aliphatic carbocycles. The third-order valence-electron chi connectivity index (χ3n) is 2.89. The number of hydrogen-bond donors (Lipinski definition) is 0. The van der Waals surface area contributed by atoms with Crippen molar-refractivity contribution in [3.8, 4) is 0 Å². The van der Waals surface area contributed by atoms with Crippen LogP contribution in [0.25, 0.3) is 21.3 Å². The molecule has 23 heavy (non-hydrogen) atoms. The second-order valence-corrected chi connectivity index (χ2v) is 6.21. The summed E-state index contributed by atoms with van der Waals surface area (Å²) < 4.78 is 4.91. The quantitative estimate of drug-likeness (QED) is 0.466. The van der Waals surface area contributed by atoms with E-state index in [1.165, 1.54) is 0 Å². The molecule has 0 fully saturated rings. The molecule has 145 valence electrons. The summed E-state index contributed by atoms with van der Waals surface area (Å²) in [6, 6.07) is 1.63. The van der Waals surface area contributed by atoms with Crippen molar-refractivity contribution in [3.05, 3.63) is 21.3 Å². The average molecular weight is 373 g/mol. The Hall–Kier alpha value is 0.306. The van der Waals surface area contributed by atoms with Gasteiger partial charge in [-0.2, -0.15) is 7.05 Å². The predicted octanol–water partition coefficient (Wildman–Crippen LogP) is 5.07. The summed E-state index contributed by atoms with van der Waals surface area (Å²) in [7, 11) is 3.55. The molecule has 5 nitrogen and oxygen atoms in total. The first-order valence-electron chi connectivity index (χ1n) is 8.37. The number of nitrogens with zero attached hydrogens (tertiary/aromatic N) is 4. The summed E-state index contributed by atoms with van der Waals surface area (Å²) in [6.45, 7) is 16.1. The van der Waals surface area contributed by atoms with Crippen LogP contribution >= 0.6 is 0 Å². The Kier molecular flexibility index (Phi) is 22.8. The molecule has 2 atom stereocenters. The van der Waals surface area contributed by atoms with E-state index in [4.69, 9.17) is 4.74 Å². The summed E-state index contributed by atoms with van der Waals surface area (Å²) in [5, 5.41) is 17.3. The maximum atomic E-state index is 4.91. The van der Waals surface area contributed by atoms with Gasteiger partial charge in [0, 0.05) is 30.5 Å². The normalized spacial score (nSPS) is 13.6. The van der Waals surface area contributed by atoms with Crippen LogP contribution in [0.2, 0.25) is 0 Å². The molecule has 0 bridgehead atoms. The van der Waals surface area contributed by atoms with Gasteiger partial charge in [0.15, 0.2) is 0 Å². The van der Waals surface area contributed by atoms with Crippen molar-refractivity contribution in [1.29, 1.82) is 0 Å². The minimum Gasteiger partial charge on any atom is -0.676 e. The van der Waals surface area contributed by atoms with Gasteiger partial charge in [-0.3, -0.25) is 0 Å². The standard InChI is InChI=1S/C9H20N2O.C8H18N2.Co/c1-8(10-3)7-9(2)11-5-6-12-4;1-6(2)9-8(5)10-7(3)4;/h8-9H,5-7H2,1-4H3;6-8H,1-5H3;/q2*-2;.